The maximum absolute atomic E-state index is 12.0. The van der Waals surface area contributed by atoms with Crippen molar-refractivity contribution in [1.29, 1.82) is 0 Å². The van der Waals surface area contributed by atoms with Crippen LogP contribution < -0.4 is 0 Å². The van der Waals surface area contributed by atoms with Crippen LogP contribution in [0.3, 0.4) is 0 Å². The van der Waals surface area contributed by atoms with Crippen LogP contribution in [0, 0.1) is 0 Å². The molecule has 0 aliphatic rings. The predicted molar refractivity (Wildman–Crippen MR) is 77.6 cm³/mol. The molecule has 19 heavy (non-hydrogen) atoms. The summed E-state index contributed by atoms with van der Waals surface area (Å²) in [5.41, 5.74) is 0. The number of thiol groups is 1. The number of amides is 1. The minimum atomic E-state index is -0.487. The number of rotatable bonds is 9. The summed E-state index contributed by atoms with van der Waals surface area (Å²) in [7, 11) is 4.82. The highest BCUT2D eigenvalue weighted by atomic mass is 32.1. The smallest absolute Gasteiger partial charge is 0.222 e. The maximum atomic E-state index is 12.0. The van der Waals surface area contributed by atoms with Gasteiger partial charge in [-0.1, -0.05) is 0 Å². The number of Topliss-reactive ketones (excluding diaryl/α,β-unsaturated/α-hetero) is 1. The summed E-state index contributed by atoms with van der Waals surface area (Å²) in [5.74, 6) is -0.102. The second-order valence-electron chi connectivity index (χ2n) is 4.88. The van der Waals surface area contributed by atoms with Crippen molar-refractivity contribution in [2.45, 2.75) is 37.5 Å². The zero-order valence-corrected chi connectivity index (χ0v) is 13.3. The molecule has 0 bridgehead atoms. The Morgan fingerprint density at radius 2 is 1.74 bits per heavy atom. The molecule has 0 aromatic carbocycles. The first-order valence-electron chi connectivity index (χ1n) is 6.23. The number of ether oxygens (including phenoxy) is 2. The number of carbonyl (C=O) groups excluding carboxylic acids is 2. The third-order valence-electron chi connectivity index (χ3n) is 3.19. The van der Waals surface area contributed by atoms with Gasteiger partial charge in [0.1, 0.15) is 0 Å². The van der Waals surface area contributed by atoms with Crippen LogP contribution in [0.5, 0.6) is 0 Å². The van der Waals surface area contributed by atoms with E-state index < -0.39 is 10.8 Å². The molecule has 0 saturated carbocycles. The molecular weight excluding hydrogens is 266 g/mol. The number of hydrogen-bond donors (Lipinski definition) is 1. The fourth-order valence-electron chi connectivity index (χ4n) is 1.73. The molecular formula is C13H25NO4S. The van der Waals surface area contributed by atoms with Gasteiger partial charge in [0.05, 0.1) is 24.0 Å². The van der Waals surface area contributed by atoms with Crippen LogP contribution in [0.25, 0.3) is 0 Å². The highest BCUT2D eigenvalue weighted by Gasteiger charge is 2.28. The van der Waals surface area contributed by atoms with Gasteiger partial charge in [0.25, 0.3) is 0 Å². The lowest BCUT2D eigenvalue weighted by Gasteiger charge is -2.28. The van der Waals surface area contributed by atoms with Crippen molar-refractivity contribution in [3.05, 3.63) is 0 Å². The van der Waals surface area contributed by atoms with Gasteiger partial charge in [-0.05, 0) is 20.3 Å². The zero-order chi connectivity index (χ0) is 15.1. The monoisotopic (exact) mass is 291 g/mol. The van der Waals surface area contributed by atoms with E-state index in [2.05, 4.69) is 12.6 Å². The maximum Gasteiger partial charge on any atom is 0.222 e. The predicted octanol–water partition coefficient (Wildman–Crippen LogP) is 1.16. The molecule has 1 amide bonds. The first-order chi connectivity index (χ1) is 8.77. The number of carbonyl (C=O) groups is 2. The van der Waals surface area contributed by atoms with E-state index in [1.54, 1.807) is 28.2 Å². The van der Waals surface area contributed by atoms with Gasteiger partial charge < -0.3 is 14.4 Å². The van der Waals surface area contributed by atoms with Crippen LogP contribution in [-0.2, 0) is 19.1 Å². The summed E-state index contributed by atoms with van der Waals surface area (Å²) < 4.78 is 9.72. The third-order valence-corrected chi connectivity index (χ3v) is 3.67. The normalized spacial score (nSPS) is 13.2. The molecule has 5 nitrogen and oxygen atoms in total. The van der Waals surface area contributed by atoms with Crippen molar-refractivity contribution in [3.8, 4) is 0 Å². The molecule has 0 heterocycles. The van der Waals surface area contributed by atoms with Crippen LogP contribution in [0.2, 0.25) is 0 Å². The minimum absolute atomic E-state index is 0.0261. The summed E-state index contributed by atoms with van der Waals surface area (Å²) in [6.07, 6.45) is 0.843. The van der Waals surface area contributed by atoms with Crippen molar-refractivity contribution in [3.63, 3.8) is 0 Å². The largest absolute Gasteiger partial charge is 0.383 e. The van der Waals surface area contributed by atoms with Crippen molar-refractivity contribution in [2.24, 2.45) is 0 Å². The molecule has 1 atom stereocenters. The van der Waals surface area contributed by atoms with Crippen LogP contribution in [0.1, 0.15) is 26.7 Å². The van der Waals surface area contributed by atoms with Crippen LogP contribution in [0.15, 0.2) is 0 Å². The van der Waals surface area contributed by atoms with E-state index in [1.165, 1.54) is 11.8 Å². The molecule has 0 unspecified atom stereocenters. The number of likely N-dealkylation sites (N-methyl/N-ethyl adjacent to an activating group) is 1. The van der Waals surface area contributed by atoms with Gasteiger partial charge >= 0.3 is 0 Å². The molecule has 0 aliphatic heterocycles. The molecule has 6 heteroatoms. The second-order valence-corrected chi connectivity index (χ2v) is 5.83. The average Bonchev–Trinajstić information content (AvgIpc) is 2.34. The molecule has 0 rings (SSSR count). The van der Waals surface area contributed by atoms with E-state index in [0.717, 1.165) is 0 Å². The number of ketones is 1. The van der Waals surface area contributed by atoms with Gasteiger partial charge in [-0.25, -0.2) is 0 Å². The van der Waals surface area contributed by atoms with E-state index in [0.29, 0.717) is 26.1 Å². The highest BCUT2D eigenvalue weighted by Crippen LogP contribution is 2.23. The second kappa shape index (κ2) is 8.55. The van der Waals surface area contributed by atoms with Crippen molar-refractivity contribution in [2.75, 3.05) is 34.5 Å². The van der Waals surface area contributed by atoms with Gasteiger partial charge in [0, 0.05) is 27.7 Å². The third kappa shape index (κ3) is 6.40. The van der Waals surface area contributed by atoms with Gasteiger partial charge in [-0.2, -0.15) is 12.6 Å². The van der Waals surface area contributed by atoms with Crippen molar-refractivity contribution >= 4 is 24.3 Å². The lowest BCUT2D eigenvalue weighted by atomic mass is 10.0. The number of nitrogens with zero attached hydrogens (tertiary/aromatic N) is 1. The Kier molecular flexibility index (Phi) is 8.29. The Morgan fingerprint density at radius 3 is 2.11 bits per heavy atom. The molecule has 0 radical (unpaired) electrons. The standard InChI is InChI=1S/C13H25NO4S/c1-10(11(2)15)14(3)12(16)6-7-13(19,8-17-4)9-18-5/h10,19H,6-9H2,1-5H3/t10-/m0/s1. The van der Waals surface area contributed by atoms with Crippen LogP contribution >= 0.6 is 12.6 Å². The zero-order valence-electron chi connectivity index (χ0n) is 12.4. The molecule has 0 aromatic rings. The van der Waals surface area contributed by atoms with Gasteiger partial charge in [-0.3, -0.25) is 9.59 Å². The van der Waals surface area contributed by atoms with Crippen molar-refractivity contribution in [1.82, 2.24) is 4.90 Å². The fraction of sp³-hybridized carbons (Fsp3) is 0.846. The summed E-state index contributed by atoms with van der Waals surface area (Å²) in [6.45, 7) is 4.01. The Morgan fingerprint density at radius 1 is 1.26 bits per heavy atom. The van der Waals surface area contributed by atoms with E-state index in [9.17, 15) is 9.59 Å². The average molecular weight is 291 g/mol. The Balaban J connectivity index is 4.43. The van der Waals surface area contributed by atoms with Gasteiger partial charge in [0.15, 0.2) is 5.78 Å². The van der Waals surface area contributed by atoms with Crippen molar-refractivity contribution < 1.29 is 19.1 Å². The SMILES string of the molecule is COCC(S)(CCC(=O)N(C)[C@@H](C)C(C)=O)COC. The lowest BCUT2D eigenvalue weighted by molar-refractivity contribution is -0.137. The molecule has 112 valence electrons. The number of hydrogen-bond acceptors (Lipinski definition) is 5. The molecule has 0 fully saturated rings. The summed E-state index contributed by atoms with van der Waals surface area (Å²) in [4.78, 5) is 24.7. The fourth-order valence-corrected chi connectivity index (χ4v) is 2.10. The quantitative estimate of drug-likeness (QED) is 0.648. The minimum Gasteiger partial charge on any atom is -0.383 e. The molecule has 0 saturated heterocycles. The van der Waals surface area contributed by atoms with E-state index in [4.69, 9.17) is 9.47 Å². The van der Waals surface area contributed by atoms with Gasteiger partial charge in [-0.15, -0.1) is 0 Å². The summed E-state index contributed by atoms with van der Waals surface area (Å²) in [5, 5.41) is 0. The molecule has 0 aliphatic carbocycles. The van der Waals surface area contributed by atoms with E-state index in [1.807, 2.05) is 0 Å². The Hall–Kier alpha value is -0.590. The highest BCUT2D eigenvalue weighted by molar-refractivity contribution is 7.81. The van der Waals surface area contributed by atoms with Crippen LogP contribution in [-0.4, -0.2) is 61.9 Å². The first kappa shape index (κ1) is 18.4. The number of methoxy groups -OCH3 is 2. The van der Waals surface area contributed by atoms with Crippen LogP contribution in [0.4, 0.5) is 0 Å². The molecule has 0 aromatic heterocycles. The Bertz CT molecular complexity index is 303. The summed E-state index contributed by atoms with van der Waals surface area (Å²) in [6, 6.07) is -0.397. The topological polar surface area (TPSA) is 55.8 Å². The van der Waals surface area contributed by atoms with Gasteiger partial charge in [0.2, 0.25) is 5.91 Å². The van der Waals surface area contributed by atoms with E-state index in [-0.39, 0.29) is 11.7 Å². The molecule has 0 N–H and O–H groups in total. The Labute approximate surface area is 121 Å². The van der Waals surface area contributed by atoms with E-state index >= 15 is 0 Å². The lowest BCUT2D eigenvalue weighted by Crippen LogP contribution is -2.41. The molecule has 0 spiro atoms. The summed E-state index contributed by atoms with van der Waals surface area (Å²) >= 11 is 4.53. The first-order valence-corrected chi connectivity index (χ1v) is 6.68.